The van der Waals surface area contributed by atoms with Gasteiger partial charge in [-0.05, 0) is 31.0 Å². The van der Waals surface area contributed by atoms with Gasteiger partial charge in [-0.1, -0.05) is 48.2 Å². The van der Waals surface area contributed by atoms with Crippen LogP contribution in [-0.4, -0.2) is 12.1 Å². The fraction of sp³-hybridized carbons (Fsp3) is 0.429. The summed E-state index contributed by atoms with van der Waals surface area (Å²) in [5, 5.41) is 3.94. The van der Waals surface area contributed by atoms with Crippen molar-refractivity contribution in [2.24, 2.45) is 5.10 Å². The summed E-state index contributed by atoms with van der Waals surface area (Å²) >= 11 is 3.33. The molecule has 0 radical (unpaired) electrons. The number of benzene rings is 1. The van der Waals surface area contributed by atoms with E-state index in [-0.39, 0.29) is 5.91 Å². The van der Waals surface area contributed by atoms with Crippen LogP contribution in [-0.2, 0) is 0 Å². The molecule has 0 unspecified atom stereocenters. The van der Waals surface area contributed by atoms with Crippen LogP contribution < -0.4 is 5.43 Å². The van der Waals surface area contributed by atoms with Gasteiger partial charge < -0.3 is 0 Å². The summed E-state index contributed by atoms with van der Waals surface area (Å²) in [6, 6.07) is 7.24. The number of rotatable bonds is 7. The molecular weight excluding hydrogens is 292 g/mol. The molecule has 0 fully saturated rings. The van der Waals surface area contributed by atoms with E-state index in [1.54, 1.807) is 18.3 Å². The predicted octanol–water partition coefficient (Wildman–Crippen LogP) is 4.14. The maximum Gasteiger partial charge on any atom is 0.271 e. The molecule has 1 amide bonds. The second kappa shape index (κ2) is 8.86. The first kappa shape index (κ1) is 14.9. The predicted molar refractivity (Wildman–Crippen MR) is 78.9 cm³/mol. The fourth-order valence-electron chi connectivity index (χ4n) is 1.53. The van der Waals surface area contributed by atoms with Gasteiger partial charge in [-0.2, -0.15) is 5.10 Å². The van der Waals surface area contributed by atoms with Crippen molar-refractivity contribution in [2.75, 3.05) is 0 Å². The Hall–Kier alpha value is -1.16. The number of amides is 1. The highest BCUT2D eigenvalue weighted by Gasteiger charge is 2.03. The maximum atomic E-state index is 11.7. The molecule has 0 bridgehead atoms. The van der Waals surface area contributed by atoms with Crippen LogP contribution in [0.2, 0.25) is 0 Å². The number of hydrazone groups is 1. The first-order valence-corrected chi connectivity index (χ1v) is 7.10. The largest absolute Gasteiger partial charge is 0.271 e. The lowest BCUT2D eigenvalue weighted by Gasteiger charge is -2.00. The minimum atomic E-state index is -0.180. The average Bonchev–Trinajstić information content (AvgIpc) is 2.37. The summed E-state index contributed by atoms with van der Waals surface area (Å²) in [4.78, 5) is 11.7. The highest BCUT2D eigenvalue weighted by Crippen LogP contribution is 2.11. The van der Waals surface area contributed by atoms with Crippen LogP contribution in [0.15, 0.2) is 33.8 Å². The average molecular weight is 311 g/mol. The highest BCUT2D eigenvalue weighted by atomic mass is 79.9. The van der Waals surface area contributed by atoms with Crippen molar-refractivity contribution in [3.8, 4) is 0 Å². The second-order valence-corrected chi connectivity index (χ2v) is 5.03. The number of nitrogens with zero attached hydrogens (tertiary/aromatic N) is 1. The molecule has 1 aromatic carbocycles. The Morgan fingerprint density at radius 3 is 2.94 bits per heavy atom. The van der Waals surface area contributed by atoms with Crippen LogP contribution in [0.5, 0.6) is 0 Å². The Bertz CT molecular complexity index is 405. The summed E-state index contributed by atoms with van der Waals surface area (Å²) in [5.41, 5.74) is 3.13. The van der Waals surface area contributed by atoms with E-state index >= 15 is 0 Å². The van der Waals surface area contributed by atoms with E-state index in [0.29, 0.717) is 5.56 Å². The number of hydrogen-bond acceptors (Lipinski definition) is 2. The molecule has 0 heterocycles. The smallest absolute Gasteiger partial charge is 0.267 e. The van der Waals surface area contributed by atoms with Crippen molar-refractivity contribution >= 4 is 28.1 Å². The van der Waals surface area contributed by atoms with Gasteiger partial charge in [0, 0.05) is 16.3 Å². The molecular formula is C14H19BrN2O. The van der Waals surface area contributed by atoms with Crippen molar-refractivity contribution < 1.29 is 4.79 Å². The van der Waals surface area contributed by atoms with Crippen LogP contribution in [0.25, 0.3) is 0 Å². The number of carbonyl (C=O) groups excluding carboxylic acids is 1. The molecule has 18 heavy (non-hydrogen) atoms. The molecule has 0 atom stereocenters. The normalized spacial score (nSPS) is 10.8. The Morgan fingerprint density at radius 1 is 1.39 bits per heavy atom. The summed E-state index contributed by atoms with van der Waals surface area (Å²) < 4.78 is 0.888. The van der Waals surface area contributed by atoms with Gasteiger partial charge >= 0.3 is 0 Å². The minimum Gasteiger partial charge on any atom is -0.267 e. The third-order valence-electron chi connectivity index (χ3n) is 2.53. The molecule has 0 aliphatic carbocycles. The van der Waals surface area contributed by atoms with Crippen LogP contribution >= 0.6 is 15.9 Å². The molecule has 4 heteroatoms. The molecule has 0 saturated heterocycles. The van der Waals surface area contributed by atoms with Gasteiger partial charge in [-0.25, -0.2) is 5.43 Å². The Kier molecular flexibility index (Phi) is 7.34. The molecule has 1 aromatic rings. The van der Waals surface area contributed by atoms with Gasteiger partial charge in [0.25, 0.3) is 5.91 Å². The standard InChI is InChI=1S/C14H19BrN2O/c1-2-3-4-5-6-10-16-17-14(18)12-8-7-9-13(15)11-12/h7-11H,2-6H2,1H3,(H,17,18). The zero-order valence-electron chi connectivity index (χ0n) is 10.7. The van der Waals surface area contributed by atoms with E-state index in [0.717, 1.165) is 17.3 Å². The third kappa shape index (κ3) is 5.96. The zero-order chi connectivity index (χ0) is 13.2. The van der Waals surface area contributed by atoms with E-state index in [4.69, 9.17) is 0 Å². The summed E-state index contributed by atoms with van der Waals surface area (Å²) in [6.45, 7) is 2.19. The Labute approximate surface area is 117 Å². The topological polar surface area (TPSA) is 41.5 Å². The molecule has 3 nitrogen and oxygen atoms in total. The number of carbonyl (C=O) groups is 1. The zero-order valence-corrected chi connectivity index (χ0v) is 12.2. The van der Waals surface area contributed by atoms with Crippen LogP contribution in [0.4, 0.5) is 0 Å². The third-order valence-corrected chi connectivity index (χ3v) is 3.02. The van der Waals surface area contributed by atoms with Crippen molar-refractivity contribution in [3.05, 3.63) is 34.3 Å². The van der Waals surface area contributed by atoms with Crippen LogP contribution in [0.3, 0.4) is 0 Å². The SMILES string of the molecule is CCCCCCC=NNC(=O)c1cccc(Br)c1. The van der Waals surface area contributed by atoms with Crippen molar-refractivity contribution in [1.29, 1.82) is 0 Å². The monoisotopic (exact) mass is 310 g/mol. The van der Waals surface area contributed by atoms with Gasteiger partial charge in [-0.3, -0.25) is 4.79 Å². The number of hydrogen-bond donors (Lipinski definition) is 1. The van der Waals surface area contributed by atoms with Crippen molar-refractivity contribution in [3.63, 3.8) is 0 Å². The first-order valence-electron chi connectivity index (χ1n) is 6.31. The second-order valence-electron chi connectivity index (χ2n) is 4.11. The number of nitrogens with one attached hydrogen (secondary N) is 1. The number of unbranched alkanes of at least 4 members (excludes halogenated alkanes) is 4. The Balaban J connectivity index is 2.26. The summed E-state index contributed by atoms with van der Waals surface area (Å²) in [6.07, 6.45) is 7.53. The van der Waals surface area contributed by atoms with E-state index in [1.165, 1.54) is 19.3 Å². The van der Waals surface area contributed by atoms with Gasteiger partial charge in [0.2, 0.25) is 0 Å². The number of halogens is 1. The van der Waals surface area contributed by atoms with Crippen LogP contribution in [0, 0.1) is 0 Å². The maximum absolute atomic E-state index is 11.7. The Morgan fingerprint density at radius 2 is 2.22 bits per heavy atom. The van der Waals surface area contributed by atoms with E-state index in [9.17, 15) is 4.79 Å². The van der Waals surface area contributed by atoms with Crippen molar-refractivity contribution in [1.82, 2.24) is 5.43 Å². The minimum absolute atomic E-state index is 0.180. The van der Waals surface area contributed by atoms with Gasteiger partial charge in [0.15, 0.2) is 0 Å². The molecule has 0 spiro atoms. The lowest BCUT2D eigenvalue weighted by Crippen LogP contribution is -2.17. The van der Waals surface area contributed by atoms with E-state index < -0.39 is 0 Å². The van der Waals surface area contributed by atoms with E-state index in [1.807, 2.05) is 12.1 Å². The van der Waals surface area contributed by atoms with Gasteiger partial charge in [-0.15, -0.1) is 0 Å². The molecule has 98 valence electrons. The van der Waals surface area contributed by atoms with Crippen molar-refractivity contribution in [2.45, 2.75) is 39.0 Å². The lowest BCUT2D eigenvalue weighted by molar-refractivity contribution is 0.0955. The lowest BCUT2D eigenvalue weighted by atomic mass is 10.2. The molecule has 0 aliphatic heterocycles. The molecule has 1 rings (SSSR count). The fourth-order valence-corrected chi connectivity index (χ4v) is 1.92. The van der Waals surface area contributed by atoms with Crippen LogP contribution in [0.1, 0.15) is 49.4 Å². The molecule has 0 saturated carbocycles. The quantitative estimate of drug-likeness (QED) is 0.459. The highest BCUT2D eigenvalue weighted by molar-refractivity contribution is 9.10. The molecule has 0 aromatic heterocycles. The molecule has 0 aliphatic rings. The summed E-state index contributed by atoms with van der Waals surface area (Å²) in [5.74, 6) is -0.180. The molecule has 1 N–H and O–H groups in total. The van der Waals surface area contributed by atoms with Gasteiger partial charge in [0.1, 0.15) is 0 Å². The first-order chi connectivity index (χ1) is 8.74. The van der Waals surface area contributed by atoms with Gasteiger partial charge in [0.05, 0.1) is 0 Å². The summed E-state index contributed by atoms with van der Waals surface area (Å²) in [7, 11) is 0. The van der Waals surface area contributed by atoms with E-state index in [2.05, 4.69) is 33.4 Å².